The van der Waals surface area contributed by atoms with Crippen molar-refractivity contribution in [3.63, 3.8) is 0 Å². The molecule has 0 aliphatic rings. The third-order valence-corrected chi connectivity index (χ3v) is 5.81. The van der Waals surface area contributed by atoms with Gasteiger partial charge in [-0.05, 0) is 49.8 Å². The van der Waals surface area contributed by atoms with Gasteiger partial charge in [0.15, 0.2) is 0 Å². The van der Waals surface area contributed by atoms with Crippen LogP contribution >= 0.6 is 0 Å². The van der Waals surface area contributed by atoms with Gasteiger partial charge in [0.2, 0.25) is 15.9 Å². The minimum Gasteiger partial charge on any atom is -0.463 e. The molecule has 0 fully saturated rings. The highest BCUT2D eigenvalue weighted by Gasteiger charge is 2.22. The Morgan fingerprint density at radius 3 is 2.28 bits per heavy atom. The van der Waals surface area contributed by atoms with Gasteiger partial charge in [0, 0.05) is 18.8 Å². The molecule has 0 aliphatic heterocycles. The van der Waals surface area contributed by atoms with Crippen molar-refractivity contribution in [2.45, 2.75) is 18.7 Å². The first-order valence-electron chi connectivity index (χ1n) is 9.00. The average molecular weight is 416 g/mol. The zero-order valence-electron chi connectivity index (χ0n) is 16.6. The predicted octanol–water partition coefficient (Wildman–Crippen LogP) is 2.83. The van der Waals surface area contributed by atoms with E-state index in [1.54, 1.807) is 49.4 Å². The standard InChI is InChI=1S/C21H24N2O5S/c1-4-28-21(25)14-9-17-7-10-18(11-8-17)22-20(24)15-23(3)29(26,27)19-12-5-16(2)6-13-19/h5-14H,4,15H2,1-3H3,(H,22,24). The number of aryl methyl sites for hydroxylation is 1. The van der Waals surface area contributed by atoms with Crippen LogP contribution < -0.4 is 5.32 Å². The molecule has 0 saturated heterocycles. The molecule has 0 radical (unpaired) electrons. The number of benzene rings is 2. The molecular weight excluding hydrogens is 392 g/mol. The van der Waals surface area contributed by atoms with Crippen molar-refractivity contribution in [1.29, 1.82) is 0 Å². The fraction of sp³-hybridized carbons (Fsp3) is 0.238. The van der Waals surface area contributed by atoms with Crippen LogP contribution in [0.2, 0.25) is 0 Å². The highest BCUT2D eigenvalue weighted by molar-refractivity contribution is 7.89. The number of esters is 1. The molecule has 1 amide bonds. The Balaban J connectivity index is 1.96. The van der Waals surface area contributed by atoms with Crippen molar-refractivity contribution in [3.05, 3.63) is 65.7 Å². The monoisotopic (exact) mass is 416 g/mol. The number of sulfonamides is 1. The Morgan fingerprint density at radius 1 is 1.07 bits per heavy atom. The Labute approximate surface area is 171 Å². The number of carbonyl (C=O) groups is 2. The second-order valence-corrected chi connectivity index (χ2v) is 8.37. The lowest BCUT2D eigenvalue weighted by molar-refractivity contribution is -0.137. The van der Waals surface area contributed by atoms with Crippen LogP contribution in [0.15, 0.2) is 59.5 Å². The molecule has 2 aromatic rings. The maximum Gasteiger partial charge on any atom is 0.330 e. The van der Waals surface area contributed by atoms with E-state index in [4.69, 9.17) is 4.74 Å². The van der Waals surface area contributed by atoms with E-state index >= 15 is 0 Å². The van der Waals surface area contributed by atoms with Crippen LogP contribution in [-0.2, 0) is 24.3 Å². The van der Waals surface area contributed by atoms with Crippen LogP contribution in [0, 0.1) is 6.92 Å². The SMILES string of the molecule is CCOC(=O)C=Cc1ccc(NC(=O)CN(C)S(=O)(=O)c2ccc(C)cc2)cc1. The number of hydrogen-bond acceptors (Lipinski definition) is 5. The van der Waals surface area contributed by atoms with Crippen molar-refractivity contribution < 1.29 is 22.7 Å². The highest BCUT2D eigenvalue weighted by atomic mass is 32.2. The van der Waals surface area contributed by atoms with Gasteiger partial charge in [0.25, 0.3) is 0 Å². The smallest absolute Gasteiger partial charge is 0.330 e. The second-order valence-electron chi connectivity index (χ2n) is 6.33. The van der Waals surface area contributed by atoms with Gasteiger partial charge in [-0.15, -0.1) is 0 Å². The summed E-state index contributed by atoms with van der Waals surface area (Å²) in [6.45, 7) is 3.58. The fourth-order valence-electron chi connectivity index (χ4n) is 2.41. The molecule has 8 heteroatoms. The number of hydrogen-bond donors (Lipinski definition) is 1. The van der Waals surface area contributed by atoms with Crippen LogP contribution in [0.1, 0.15) is 18.1 Å². The second kappa shape index (κ2) is 9.99. The Kier molecular flexibility index (Phi) is 7.69. The molecular formula is C21H24N2O5S. The molecule has 0 atom stereocenters. The first kappa shape index (κ1) is 22.3. The normalized spacial score (nSPS) is 11.6. The average Bonchev–Trinajstić information content (AvgIpc) is 2.68. The van der Waals surface area contributed by atoms with Gasteiger partial charge in [-0.25, -0.2) is 13.2 Å². The summed E-state index contributed by atoms with van der Waals surface area (Å²) >= 11 is 0. The minimum atomic E-state index is -3.75. The molecule has 0 bridgehead atoms. The van der Waals surface area contributed by atoms with E-state index in [1.165, 1.54) is 25.3 Å². The maximum atomic E-state index is 12.6. The van der Waals surface area contributed by atoms with E-state index in [0.29, 0.717) is 12.3 Å². The van der Waals surface area contributed by atoms with E-state index in [1.807, 2.05) is 6.92 Å². The van der Waals surface area contributed by atoms with Crippen LogP contribution in [0.4, 0.5) is 5.69 Å². The number of ether oxygens (including phenoxy) is 1. The van der Waals surface area contributed by atoms with Gasteiger partial charge in [0.1, 0.15) is 0 Å². The summed E-state index contributed by atoms with van der Waals surface area (Å²) in [4.78, 5) is 23.7. The van der Waals surface area contributed by atoms with Gasteiger partial charge in [0.05, 0.1) is 18.0 Å². The largest absolute Gasteiger partial charge is 0.463 e. The molecule has 29 heavy (non-hydrogen) atoms. The summed E-state index contributed by atoms with van der Waals surface area (Å²) in [5, 5.41) is 2.66. The predicted molar refractivity (Wildman–Crippen MR) is 112 cm³/mol. The van der Waals surface area contributed by atoms with E-state index in [2.05, 4.69) is 5.32 Å². The zero-order chi connectivity index (χ0) is 21.4. The molecule has 0 aliphatic carbocycles. The number of nitrogens with zero attached hydrogens (tertiary/aromatic N) is 1. The van der Waals surface area contributed by atoms with Gasteiger partial charge in [-0.2, -0.15) is 4.31 Å². The summed E-state index contributed by atoms with van der Waals surface area (Å²) in [6, 6.07) is 13.2. The molecule has 0 unspecified atom stereocenters. The first-order valence-corrected chi connectivity index (χ1v) is 10.4. The molecule has 154 valence electrons. The summed E-state index contributed by atoms with van der Waals surface area (Å²) < 4.78 is 30.9. The topological polar surface area (TPSA) is 92.8 Å². The molecule has 0 saturated carbocycles. The minimum absolute atomic E-state index is 0.135. The Hall–Kier alpha value is -2.97. The van der Waals surface area contributed by atoms with Crippen LogP contribution in [0.5, 0.6) is 0 Å². The lowest BCUT2D eigenvalue weighted by Crippen LogP contribution is -2.34. The molecule has 0 heterocycles. The van der Waals surface area contributed by atoms with Crippen molar-refractivity contribution in [2.24, 2.45) is 0 Å². The summed E-state index contributed by atoms with van der Waals surface area (Å²) in [7, 11) is -2.39. The van der Waals surface area contributed by atoms with Crippen molar-refractivity contribution in [3.8, 4) is 0 Å². The fourth-order valence-corrected chi connectivity index (χ4v) is 3.54. The zero-order valence-corrected chi connectivity index (χ0v) is 17.4. The van der Waals surface area contributed by atoms with E-state index in [0.717, 1.165) is 15.4 Å². The summed E-state index contributed by atoms with van der Waals surface area (Å²) in [5.74, 6) is -0.888. The van der Waals surface area contributed by atoms with Crippen LogP contribution in [0.3, 0.4) is 0 Å². The maximum absolute atomic E-state index is 12.6. The number of likely N-dealkylation sites (N-methyl/N-ethyl adjacent to an activating group) is 1. The first-order chi connectivity index (χ1) is 13.7. The molecule has 0 spiro atoms. The number of carbonyl (C=O) groups excluding carboxylic acids is 2. The van der Waals surface area contributed by atoms with Crippen molar-refractivity contribution >= 4 is 33.7 Å². The molecule has 1 N–H and O–H groups in total. The van der Waals surface area contributed by atoms with E-state index in [-0.39, 0.29) is 11.4 Å². The van der Waals surface area contributed by atoms with Gasteiger partial charge in [-0.1, -0.05) is 29.8 Å². The highest BCUT2D eigenvalue weighted by Crippen LogP contribution is 2.15. The summed E-state index contributed by atoms with van der Waals surface area (Å²) in [6.07, 6.45) is 2.92. The van der Waals surface area contributed by atoms with Crippen LogP contribution in [0.25, 0.3) is 6.08 Å². The molecule has 2 rings (SSSR count). The molecule has 7 nitrogen and oxygen atoms in total. The third kappa shape index (κ3) is 6.55. The summed E-state index contributed by atoms with van der Waals surface area (Å²) in [5.41, 5.74) is 2.23. The van der Waals surface area contributed by atoms with Gasteiger partial charge >= 0.3 is 5.97 Å². The quantitative estimate of drug-likeness (QED) is 0.528. The van der Waals surface area contributed by atoms with E-state index in [9.17, 15) is 18.0 Å². The molecule has 2 aromatic carbocycles. The lowest BCUT2D eigenvalue weighted by Gasteiger charge is -2.17. The van der Waals surface area contributed by atoms with Gasteiger partial charge < -0.3 is 10.1 Å². The third-order valence-electron chi connectivity index (χ3n) is 3.99. The lowest BCUT2D eigenvalue weighted by atomic mass is 10.2. The van der Waals surface area contributed by atoms with Crippen molar-refractivity contribution in [1.82, 2.24) is 4.31 Å². The number of rotatable bonds is 8. The van der Waals surface area contributed by atoms with Crippen molar-refractivity contribution in [2.75, 3.05) is 25.5 Å². The Bertz CT molecular complexity index is 981. The number of anilines is 1. The molecule has 0 aromatic heterocycles. The number of nitrogens with one attached hydrogen (secondary N) is 1. The van der Waals surface area contributed by atoms with Gasteiger partial charge in [-0.3, -0.25) is 4.79 Å². The Morgan fingerprint density at radius 2 is 1.69 bits per heavy atom. The number of amides is 1. The van der Waals surface area contributed by atoms with E-state index < -0.39 is 21.9 Å². The van der Waals surface area contributed by atoms with Crippen LogP contribution in [-0.4, -0.2) is 44.8 Å².